The van der Waals surface area contributed by atoms with Crippen LogP contribution in [-0.2, 0) is 6.42 Å². The maximum absolute atomic E-state index is 2.27. The maximum atomic E-state index is 2.27. The van der Waals surface area contributed by atoms with E-state index in [9.17, 15) is 0 Å². The molecule has 0 heteroatoms. The summed E-state index contributed by atoms with van der Waals surface area (Å²) in [7, 11) is 0. The molecule has 0 bridgehead atoms. The molecule has 23 heavy (non-hydrogen) atoms. The highest BCUT2D eigenvalue weighted by Crippen LogP contribution is 2.42. The Bertz CT molecular complexity index is 1040. The van der Waals surface area contributed by atoms with Gasteiger partial charge >= 0.3 is 0 Å². The van der Waals surface area contributed by atoms with Crippen molar-refractivity contribution < 1.29 is 0 Å². The van der Waals surface area contributed by atoms with Crippen molar-refractivity contribution in [2.24, 2.45) is 0 Å². The van der Waals surface area contributed by atoms with Crippen molar-refractivity contribution in [3.63, 3.8) is 0 Å². The second-order valence-electron chi connectivity index (χ2n) is 6.19. The van der Waals surface area contributed by atoms with Crippen LogP contribution in [0.1, 0.15) is 11.1 Å². The zero-order valence-corrected chi connectivity index (χ0v) is 12.8. The summed E-state index contributed by atoms with van der Waals surface area (Å²) in [5.74, 6) is 0. The summed E-state index contributed by atoms with van der Waals surface area (Å²) >= 11 is 0. The minimum Gasteiger partial charge on any atom is -0.0619 e. The molecule has 0 unspecified atom stereocenters. The molecule has 0 radical (unpaired) electrons. The highest BCUT2D eigenvalue weighted by Gasteiger charge is 2.21. The van der Waals surface area contributed by atoms with Crippen LogP contribution in [0.25, 0.3) is 33.0 Å². The minimum atomic E-state index is 1.03. The molecule has 0 aliphatic heterocycles. The molecule has 0 saturated carbocycles. The maximum Gasteiger partial charge on any atom is -0.000728 e. The SMILES string of the molecule is c1ccc2c(c1)Cc1c-2cccc1-c1cccc2ccccc12. The zero-order chi connectivity index (χ0) is 15.2. The fourth-order valence-electron chi connectivity index (χ4n) is 3.87. The van der Waals surface area contributed by atoms with E-state index < -0.39 is 0 Å². The lowest BCUT2D eigenvalue weighted by Gasteiger charge is -2.12. The molecule has 0 atom stereocenters. The van der Waals surface area contributed by atoms with Crippen LogP contribution >= 0.6 is 0 Å². The zero-order valence-electron chi connectivity index (χ0n) is 12.8. The summed E-state index contributed by atoms with van der Waals surface area (Å²) < 4.78 is 0. The Labute approximate surface area is 136 Å². The number of benzene rings is 4. The summed E-state index contributed by atoms with van der Waals surface area (Å²) in [6, 6.07) is 30.8. The Morgan fingerprint density at radius 3 is 2.04 bits per heavy atom. The van der Waals surface area contributed by atoms with Crippen LogP contribution in [0, 0.1) is 0 Å². The molecule has 0 saturated heterocycles. The van der Waals surface area contributed by atoms with Crippen LogP contribution in [0.2, 0.25) is 0 Å². The van der Waals surface area contributed by atoms with E-state index in [-0.39, 0.29) is 0 Å². The van der Waals surface area contributed by atoms with Crippen molar-refractivity contribution in [1.29, 1.82) is 0 Å². The monoisotopic (exact) mass is 292 g/mol. The summed E-state index contributed by atoms with van der Waals surface area (Å²) in [6.07, 6.45) is 1.03. The lowest BCUT2D eigenvalue weighted by Crippen LogP contribution is -1.89. The highest BCUT2D eigenvalue weighted by atomic mass is 14.2. The Hall–Kier alpha value is -2.86. The van der Waals surface area contributed by atoms with Crippen LogP contribution in [0.4, 0.5) is 0 Å². The van der Waals surface area contributed by atoms with Crippen LogP contribution in [0.3, 0.4) is 0 Å². The lowest BCUT2D eigenvalue weighted by molar-refractivity contribution is 1.26. The second-order valence-corrected chi connectivity index (χ2v) is 6.19. The first-order valence-electron chi connectivity index (χ1n) is 8.10. The number of fused-ring (bicyclic) bond motifs is 4. The third kappa shape index (κ3) is 1.85. The van der Waals surface area contributed by atoms with Crippen LogP contribution in [0.5, 0.6) is 0 Å². The molecular formula is C23H16. The van der Waals surface area contributed by atoms with Gasteiger partial charge in [-0.15, -0.1) is 0 Å². The van der Waals surface area contributed by atoms with E-state index in [0.717, 1.165) is 6.42 Å². The van der Waals surface area contributed by atoms with Gasteiger partial charge in [-0.1, -0.05) is 84.9 Å². The van der Waals surface area contributed by atoms with Gasteiger partial charge in [0, 0.05) is 0 Å². The summed E-state index contributed by atoms with van der Waals surface area (Å²) in [4.78, 5) is 0. The summed E-state index contributed by atoms with van der Waals surface area (Å²) in [5, 5.41) is 2.64. The lowest BCUT2D eigenvalue weighted by atomic mass is 9.92. The third-order valence-corrected chi connectivity index (χ3v) is 4.93. The van der Waals surface area contributed by atoms with Crippen LogP contribution in [0.15, 0.2) is 84.9 Å². The van der Waals surface area contributed by atoms with E-state index >= 15 is 0 Å². The fourth-order valence-corrected chi connectivity index (χ4v) is 3.87. The van der Waals surface area contributed by atoms with Crippen LogP contribution in [-0.4, -0.2) is 0 Å². The van der Waals surface area contributed by atoms with Crippen LogP contribution < -0.4 is 0 Å². The largest absolute Gasteiger partial charge is 0.0619 e. The standard InChI is InChI=1S/C23H16/c1-3-10-18-16(7-1)9-5-12-20(18)22-14-6-13-21-19-11-4-2-8-17(19)15-23(21)22/h1-14H,15H2. The van der Waals surface area contributed by atoms with Gasteiger partial charge in [0.1, 0.15) is 0 Å². The van der Waals surface area contributed by atoms with Crippen molar-refractivity contribution in [2.45, 2.75) is 6.42 Å². The molecule has 4 aromatic carbocycles. The summed E-state index contributed by atoms with van der Waals surface area (Å²) in [6.45, 7) is 0. The van der Waals surface area contributed by atoms with E-state index in [1.807, 2.05) is 0 Å². The number of hydrogen-bond acceptors (Lipinski definition) is 0. The molecule has 4 aromatic rings. The molecule has 1 aliphatic rings. The van der Waals surface area contributed by atoms with Gasteiger partial charge in [0.25, 0.3) is 0 Å². The molecule has 0 fully saturated rings. The smallest absolute Gasteiger partial charge is 0.000728 e. The van der Waals surface area contributed by atoms with Gasteiger partial charge in [-0.3, -0.25) is 0 Å². The normalized spacial score (nSPS) is 12.2. The average Bonchev–Trinajstić information content (AvgIpc) is 3.00. The van der Waals surface area contributed by atoms with E-state index in [2.05, 4.69) is 84.9 Å². The van der Waals surface area contributed by atoms with Gasteiger partial charge in [0.05, 0.1) is 0 Å². The molecule has 0 heterocycles. The third-order valence-electron chi connectivity index (χ3n) is 4.93. The molecule has 0 aromatic heterocycles. The van der Waals surface area contributed by atoms with E-state index in [1.54, 1.807) is 0 Å². The van der Waals surface area contributed by atoms with Gasteiger partial charge in [0.15, 0.2) is 0 Å². The molecular weight excluding hydrogens is 276 g/mol. The Balaban J connectivity index is 1.80. The van der Waals surface area contributed by atoms with E-state index in [0.29, 0.717) is 0 Å². The van der Waals surface area contributed by atoms with Gasteiger partial charge in [-0.05, 0) is 50.6 Å². The number of rotatable bonds is 1. The molecule has 0 amide bonds. The van der Waals surface area contributed by atoms with Crippen molar-refractivity contribution in [2.75, 3.05) is 0 Å². The van der Waals surface area contributed by atoms with Crippen molar-refractivity contribution in [1.82, 2.24) is 0 Å². The second kappa shape index (κ2) is 4.82. The average molecular weight is 292 g/mol. The van der Waals surface area contributed by atoms with Crippen molar-refractivity contribution in [3.8, 4) is 22.3 Å². The Morgan fingerprint density at radius 2 is 1.09 bits per heavy atom. The quantitative estimate of drug-likeness (QED) is 0.351. The highest BCUT2D eigenvalue weighted by molar-refractivity contribution is 5.99. The Morgan fingerprint density at radius 1 is 0.478 bits per heavy atom. The first-order chi connectivity index (χ1) is 11.4. The molecule has 0 nitrogen and oxygen atoms in total. The number of hydrogen-bond donors (Lipinski definition) is 0. The van der Waals surface area contributed by atoms with Crippen molar-refractivity contribution in [3.05, 3.63) is 96.1 Å². The van der Waals surface area contributed by atoms with Gasteiger partial charge < -0.3 is 0 Å². The minimum absolute atomic E-state index is 1.03. The predicted octanol–water partition coefficient (Wildman–Crippen LogP) is 6.08. The predicted molar refractivity (Wildman–Crippen MR) is 97.6 cm³/mol. The van der Waals surface area contributed by atoms with E-state index in [4.69, 9.17) is 0 Å². The molecule has 5 rings (SSSR count). The first-order valence-corrected chi connectivity index (χ1v) is 8.10. The molecule has 0 spiro atoms. The van der Waals surface area contributed by atoms with Gasteiger partial charge in [-0.2, -0.15) is 0 Å². The topological polar surface area (TPSA) is 0 Å². The van der Waals surface area contributed by atoms with E-state index in [1.165, 1.54) is 44.2 Å². The van der Waals surface area contributed by atoms with Gasteiger partial charge in [-0.25, -0.2) is 0 Å². The summed E-state index contributed by atoms with van der Waals surface area (Å²) in [5.41, 5.74) is 8.40. The van der Waals surface area contributed by atoms with Gasteiger partial charge in [0.2, 0.25) is 0 Å². The molecule has 0 N–H and O–H groups in total. The Kier molecular flexibility index (Phi) is 2.65. The molecule has 1 aliphatic carbocycles. The van der Waals surface area contributed by atoms with Crippen molar-refractivity contribution >= 4 is 10.8 Å². The first kappa shape index (κ1) is 12.7. The fraction of sp³-hybridized carbons (Fsp3) is 0.0435. The molecule has 108 valence electrons.